The molecule has 1 aromatic heterocycles. The Morgan fingerprint density at radius 2 is 2.32 bits per heavy atom. The molecule has 100 valence electrons. The lowest BCUT2D eigenvalue weighted by molar-refractivity contribution is 0.0692. The second-order valence-electron chi connectivity index (χ2n) is 4.02. The van der Waals surface area contributed by atoms with E-state index < -0.39 is 17.3 Å². The predicted molar refractivity (Wildman–Crippen MR) is 68.3 cm³/mol. The summed E-state index contributed by atoms with van der Waals surface area (Å²) in [5, 5.41) is 15.7. The molecule has 0 saturated heterocycles. The summed E-state index contributed by atoms with van der Waals surface area (Å²) >= 11 is 0. The molecule has 2 rings (SSSR count). The van der Waals surface area contributed by atoms with Crippen LogP contribution < -0.4 is 11.1 Å². The van der Waals surface area contributed by atoms with Crippen LogP contribution in [-0.2, 0) is 13.6 Å². The molecule has 0 atom stereocenters. The van der Waals surface area contributed by atoms with Crippen molar-refractivity contribution in [1.29, 1.82) is 0 Å². The number of hydrogen-bond donors (Lipinski definition) is 3. The summed E-state index contributed by atoms with van der Waals surface area (Å²) in [6.45, 7) is 0.409. The first-order valence-corrected chi connectivity index (χ1v) is 5.52. The zero-order valence-corrected chi connectivity index (χ0v) is 10.2. The van der Waals surface area contributed by atoms with Gasteiger partial charge < -0.3 is 16.2 Å². The number of anilines is 2. The Morgan fingerprint density at radius 3 is 2.89 bits per heavy atom. The molecule has 19 heavy (non-hydrogen) atoms. The molecular formula is C12H13FN4O2. The van der Waals surface area contributed by atoms with Crippen LogP contribution in [0.25, 0.3) is 0 Å². The molecule has 1 heterocycles. The van der Waals surface area contributed by atoms with Crippen LogP contribution in [0.2, 0.25) is 0 Å². The fraction of sp³-hybridized carbons (Fsp3) is 0.167. The van der Waals surface area contributed by atoms with Gasteiger partial charge in [0.1, 0.15) is 5.82 Å². The fourth-order valence-corrected chi connectivity index (χ4v) is 1.67. The number of carboxylic acids is 1. The van der Waals surface area contributed by atoms with E-state index in [4.69, 9.17) is 10.8 Å². The lowest BCUT2D eigenvalue weighted by Gasteiger charge is -2.11. The van der Waals surface area contributed by atoms with Gasteiger partial charge in [-0.2, -0.15) is 5.10 Å². The first-order valence-electron chi connectivity index (χ1n) is 5.52. The van der Waals surface area contributed by atoms with Crippen molar-refractivity contribution in [2.45, 2.75) is 6.54 Å². The Kier molecular flexibility index (Phi) is 3.37. The van der Waals surface area contributed by atoms with Gasteiger partial charge in [0.25, 0.3) is 0 Å². The zero-order valence-electron chi connectivity index (χ0n) is 10.2. The number of carbonyl (C=O) groups is 1. The number of nitrogens with one attached hydrogen (secondary N) is 1. The number of nitrogen functional groups attached to an aromatic ring is 1. The number of hydrogen-bond acceptors (Lipinski definition) is 4. The number of carboxylic acid groups (broad SMARTS) is 1. The Morgan fingerprint density at radius 1 is 1.58 bits per heavy atom. The van der Waals surface area contributed by atoms with Crippen LogP contribution in [-0.4, -0.2) is 20.9 Å². The molecule has 0 amide bonds. The standard InChI is InChI=1S/C12H13FN4O2/c1-17-7(2-3-16-17)6-15-11-5-9(13)8(12(18)19)4-10(11)14/h2-5,15H,6,14H2,1H3,(H,18,19). The Labute approximate surface area is 108 Å². The lowest BCUT2D eigenvalue weighted by atomic mass is 10.1. The number of rotatable bonds is 4. The predicted octanol–water partition coefficient (Wildman–Crippen LogP) is 1.45. The first kappa shape index (κ1) is 12.9. The maximum absolute atomic E-state index is 13.5. The van der Waals surface area contributed by atoms with E-state index in [1.807, 2.05) is 6.07 Å². The van der Waals surface area contributed by atoms with Crippen molar-refractivity contribution >= 4 is 17.3 Å². The van der Waals surface area contributed by atoms with Crippen LogP contribution in [0.3, 0.4) is 0 Å². The number of aromatic nitrogens is 2. The second kappa shape index (κ2) is 4.97. The number of nitrogens with zero attached hydrogens (tertiary/aromatic N) is 2. The number of aryl methyl sites for hydroxylation is 1. The van der Waals surface area contributed by atoms with Gasteiger partial charge in [0.15, 0.2) is 0 Å². The van der Waals surface area contributed by atoms with Gasteiger partial charge in [-0.1, -0.05) is 0 Å². The summed E-state index contributed by atoms with van der Waals surface area (Å²) < 4.78 is 15.2. The number of nitrogens with two attached hydrogens (primary N) is 1. The smallest absolute Gasteiger partial charge is 0.338 e. The second-order valence-corrected chi connectivity index (χ2v) is 4.02. The van der Waals surface area contributed by atoms with Gasteiger partial charge >= 0.3 is 5.97 Å². The van der Waals surface area contributed by atoms with Crippen molar-refractivity contribution in [2.24, 2.45) is 7.05 Å². The summed E-state index contributed by atoms with van der Waals surface area (Å²) in [5.41, 5.74) is 6.67. The number of halogens is 1. The number of benzene rings is 1. The van der Waals surface area contributed by atoms with E-state index >= 15 is 0 Å². The lowest BCUT2D eigenvalue weighted by Crippen LogP contribution is -2.09. The van der Waals surface area contributed by atoms with E-state index in [0.717, 1.165) is 17.8 Å². The van der Waals surface area contributed by atoms with Gasteiger partial charge in [-0.15, -0.1) is 0 Å². The summed E-state index contributed by atoms with van der Waals surface area (Å²) in [4.78, 5) is 10.7. The minimum absolute atomic E-state index is 0.181. The van der Waals surface area contributed by atoms with Gasteiger partial charge in [0.2, 0.25) is 0 Å². The maximum atomic E-state index is 13.5. The molecule has 7 heteroatoms. The van der Waals surface area contributed by atoms with Crippen LogP contribution in [0.4, 0.5) is 15.8 Å². The van der Waals surface area contributed by atoms with E-state index in [1.165, 1.54) is 0 Å². The average Bonchev–Trinajstić information content (AvgIpc) is 2.75. The van der Waals surface area contributed by atoms with E-state index in [2.05, 4.69) is 10.4 Å². The van der Waals surface area contributed by atoms with Crippen LogP contribution in [0, 0.1) is 5.82 Å². The maximum Gasteiger partial charge on any atom is 0.338 e. The summed E-state index contributed by atoms with van der Waals surface area (Å²) in [5.74, 6) is -2.17. The highest BCUT2D eigenvalue weighted by molar-refractivity contribution is 5.90. The van der Waals surface area contributed by atoms with Crippen LogP contribution >= 0.6 is 0 Å². The summed E-state index contributed by atoms with van der Waals surface area (Å²) in [6, 6.07) is 3.99. The quantitative estimate of drug-likeness (QED) is 0.727. The summed E-state index contributed by atoms with van der Waals surface area (Å²) in [6.07, 6.45) is 1.65. The minimum Gasteiger partial charge on any atom is -0.478 e. The van der Waals surface area contributed by atoms with Crippen molar-refractivity contribution in [2.75, 3.05) is 11.1 Å². The van der Waals surface area contributed by atoms with Crippen molar-refractivity contribution in [1.82, 2.24) is 9.78 Å². The third-order valence-electron chi connectivity index (χ3n) is 2.75. The van der Waals surface area contributed by atoms with Gasteiger partial charge in [-0.3, -0.25) is 4.68 Å². The fourth-order valence-electron chi connectivity index (χ4n) is 1.67. The third kappa shape index (κ3) is 2.65. The minimum atomic E-state index is -1.35. The molecule has 0 fully saturated rings. The molecule has 0 saturated carbocycles. The molecular weight excluding hydrogens is 251 g/mol. The SMILES string of the molecule is Cn1nccc1CNc1cc(F)c(C(=O)O)cc1N. The third-order valence-corrected chi connectivity index (χ3v) is 2.75. The highest BCUT2D eigenvalue weighted by atomic mass is 19.1. The Hall–Kier alpha value is -2.57. The highest BCUT2D eigenvalue weighted by Crippen LogP contribution is 2.23. The molecule has 4 N–H and O–H groups in total. The van der Waals surface area contributed by atoms with E-state index in [1.54, 1.807) is 17.9 Å². The van der Waals surface area contributed by atoms with Crippen molar-refractivity contribution in [3.05, 3.63) is 41.5 Å². The van der Waals surface area contributed by atoms with Gasteiger partial charge in [-0.25, -0.2) is 9.18 Å². The molecule has 2 aromatic rings. The van der Waals surface area contributed by atoms with E-state index in [-0.39, 0.29) is 5.69 Å². The molecule has 0 spiro atoms. The van der Waals surface area contributed by atoms with E-state index in [0.29, 0.717) is 12.2 Å². The molecule has 0 aliphatic carbocycles. The van der Waals surface area contributed by atoms with E-state index in [9.17, 15) is 9.18 Å². The highest BCUT2D eigenvalue weighted by Gasteiger charge is 2.13. The molecule has 1 aromatic carbocycles. The van der Waals surface area contributed by atoms with Crippen molar-refractivity contribution in [3.63, 3.8) is 0 Å². The number of aromatic carboxylic acids is 1. The Bertz CT molecular complexity index is 624. The molecule has 0 aliphatic rings. The average molecular weight is 264 g/mol. The van der Waals surface area contributed by atoms with Crippen LogP contribution in [0.1, 0.15) is 16.1 Å². The monoisotopic (exact) mass is 264 g/mol. The molecule has 0 aliphatic heterocycles. The first-order chi connectivity index (χ1) is 8.99. The van der Waals surface area contributed by atoms with Gasteiger partial charge in [0, 0.05) is 13.2 Å². The van der Waals surface area contributed by atoms with Gasteiger partial charge in [0.05, 0.1) is 29.2 Å². The molecule has 6 nitrogen and oxygen atoms in total. The topological polar surface area (TPSA) is 93.2 Å². The molecule has 0 bridgehead atoms. The Balaban J connectivity index is 2.20. The molecule has 0 unspecified atom stereocenters. The van der Waals surface area contributed by atoms with Crippen LogP contribution in [0.5, 0.6) is 0 Å². The largest absolute Gasteiger partial charge is 0.478 e. The molecule has 0 radical (unpaired) electrons. The zero-order chi connectivity index (χ0) is 14.0. The van der Waals surface area contributed by atoms with Crippen molar-refractivity contribution < 1.29 is 14.3 Å². The normalized spacial score (nSPS) is 10.4. The van der Waals surface area contributed by atoms with Crippen molar-refractivity contribution in [3.8, 4) is 0 Å². The summed E-state index contributed by atoms with van der Waals surface area (Å²) in [7, 11) is 1.79. The van der Waals surface area contributed by atoms with Crippen LogP contribution in [0.15, 0.2) is 24.4 Å². The van der Waals surface area contributed by atoms with Gasteiger partial charge in [-0.05, 0) is 18.2 Å².